The van der Waals surface area contributed by atoms with E-state index >= 15 is 0 Å². The van der Waals surface area contributed by atoms with E-state index in [-0.39, 0.29) is 75.3 Å². The lowest BCUT2D eigenvalue weighted by Crippen LogP contribution is -2.69. The molecular weight excluding hydrogens is 748 g/mol. The lowest BCUT2D eigenvalue weighted by Gasteiger charge is -2.58. The van der Waals surface area contributed by atoms with Gasteiger partial charge in [0.2, 0.25) is 12.6 Å². The minimum absolute atomic E-state index is 0.0173. The predicted molar refractivity (Wildman–Crippen MR) is 212 cm³/mol. The molecule has 0 aromatic heterocycles. The molecule has 2 aliphatic carbocycles. The number of unbranched alkanes of at least 4 members (excludes halogenated alkanes) is 2. The number of aliphatic hydroxyl groups is 3. The number of urea groups is 1. The average molecular weight is 801 g/mol. The Kier molecular flexibility index (Phi) is 12.7. The summed E-state index contributed by atoms with van der Waals surface area (Å²) in [6.07, 6.45) is 6.96. The van der Waals surface area contributed by atoms with Crippen molar-refractivity contribution in [3.63, 3.8) is 0 Å². The van der Waals surface area contributed by atoms with Gasteiger partial charge in [-0.05, 0) is 103 Å². The summed E-state index contributed by atoms with van der Waals surface area (Å²) in [7, 11) is 0. The third-order valence-electron chi connectivity index (χ3n) is 11.8. The minimum atomic E-state index is -1.94. The van der Waals surface area contributed by atoms with Crippen molar-refractivity contribution in [3.05, 3.63) is 99.1 Å². The summed E-state index contributed by atoms with van der Waals surface area (Å²) < 4.78 is 17.7. The van der Waals surface area contributed by atoms with Crippen LogP contribution in [0.5, 0.6) is 23.0 Å². The van der Waals surface area contributed by atoms with Gasteiger partial charge in [-0.3, -0.25) is 10.1 Å². The highest BCUT2D eigenvalue weighted by Crippen LogP contribution is 2.60. The summed E-state index contributed by atoms with van der Waals surface area (Å²) in [5.41, 5.74) is 3.43. The first-order valence-corrected chi connectivity index (χ1v) is 20.2. The van der Waals surface area contributed by atoms with Crippen molar-refractivity contribution < 1.29 is 49.2 Å². The number of aromatic hydroxyl groups is 1. The van der Waals surface area contributed by atoms with Crippen LogP contribution in [0.15, 0.2) is 77.5 Å². The number of carbonyl (C=O) groups excluding carboxylic acids is 1. The first-order chi connectivity index (χ1) is 28.1. The Bertz CT molecular complexity index is 2010. The number of benzene rings is 3. The second kappa shape index (κ2) is 18.0. The van der Waals surface area contributed by atoms with E-state index in [4.69, 9.17) is 24.2 Å². The molecule has 15 heteroatoms. The number of nitro groups is 1. The number of ether oxygens (including phenoxy) is 3. The number of fused-ring (bicyclic) bond motifs is 3. The summed E-state index contributed by atoms with van der Waals surface area (Å²) in [5, 5.41) is 62.6. The highest BCUT2D eigenvalue weighted by atomic mass is 16.7. The van der Waals surface area contributed by atoms with Crippen LogP contribution in [0.2, 0.25) is 0 Å². The largest absolute Gasteiger partial charge is 0.508 e. The standard InChI is InChI=1S/C43H52N4O11/c1-2-17-46(42(51)44-24-28-11-15-37-38(20-28)56-26-55-37)39-23-35(45-57-25-27-9-12-30(13-10-27)47(53)54)33-21-29(7-3-5-18-48)32(8-4-6-19-49)40-34-22-31(50)14-16-36(34)58-43(39,52)41(33)40/h9-16,20-22,29,32,39-41,48-50,52H,2-8,17-19,23-26H2,1H3,(H,44,51). The topological polar surface area (TPSA) is 206 Å². The second-order valence-electron chi connectivity index (χ2n) is 15.5. The number of nitro benzene ring substituents is 1. The molecule has 1 fully saturated rings. The minimum Gasteiger partial charge on any atom is -0.508 e. The molecule has 2 heterocycles. The van der Waals surface area contributed by atoms with E-state index in [2.05, 4.69) is 11.4 Å². The predicted octanol–water partition coefficient (Wildman–Crippen LogP) is 6.27. The molecule has 15 nitrogen and oxygen atoms in total. The molecule has 5 N–H and O–H groups in total. The van der Waals surface area contributed by atoms with Crippen LogP contribution in [0.3, 0.4) is 0 Å². The van der Waals surface area contributed by atoms with Crippen molar-refractivity contribution in [1.29, 1.82) is 0 Å². The Labute approximate surface area is 337 Å². The van der Waals surface area contributed by atoms with E-state index in [9.17, 15) is 35.3 Å². The second-order valence-corrected chi connectivity index (χ2v) is 15.5. The van der Waals surface area contributed by atoms with Gasteiger partial charge in [-0.15, -0.1) is 0 Å². The van der Waals surface area contributed by atoms with Gasteiger partial charge in [-0.25, -0.2) is 4.79 Å². The zero-order valence-electron chi connectivity index (χ0n) is 32.6. The number of allylic oxidation sites excluding steroid dienone is 1. The Morgan fingerprint density at radius 2 is 1.71 bits per heavy atom. The lowest BCUT2D eigenvalue weighted by molar-refractivity contribution is -0.384. The summed E-state index contributed by atoms with van der Waals surface area (Å²) >= 11 is 0. The van der Waals surface area contributed by atoms with Gasteiger partial charge >= 0.3 is 6.03 Å². The maximum Gasteiger partial charge on any atom is 0.318 e. The molecule has 1 saturated carbocycles. The van der Waals surface area contributed by atoms with Gasteiger partial charge in [0.1, 0.15) is 24.1 Å². The Morgan fingerprint density at radius 1 is 0.983 bits per heavy atom. The van der Waals surface area contributed by atoms with Crippen molar-refractivity contribution in [2.75, 3.05) is 26.6 Å². The Balaban J connectivity index is 1.30. The number of phenolic OH excluding ortho intramolecular Hbond substituents is 1. The fourth-order valence-electron chi connectivity index (χ4n) is 9.15. The molecule has 6 atom stereocenters. The Morgan fingerprint density at radius 3 is 2.45 bits per heavy atom. The number of rotatable bonds is 17. The van der Waals surface area contributed by atoms with Crippen molar-refractivity contribution in [1.82, 2.24) is 10.2 Å². The smallest absolute Gasteiger partial charge is 0.318 e. The quantitative estimate of drug-likeness (QED) is 0.0584. The number of nitrogens with one attached hydrogen (secondary N) is 1. The fourth-order valence-corrected chi connectivity index (χ4v) is 9.15. The number of hydrogen-bond donors (Lipinski definition) is 5. The third-order valence-corrected chi connectivity index (χ3v) is 11.8. The summed E-state index contributed by atoms with van der Waals surface area (Å²) in [4.78, 5) is 32.8. The van der Waals surface area contributed by atoms with Gasteiger partial charge in [0.15, 0.2) is 11.5 Å². The molecular formula is C43H52N4O11. The number of hydrogen-bond acceptors (Lipinski definition) is 12. The van der Waals surface area contributed by atoms with Crippen molar-refractivity contribution in [3.8, 4) is 23.0 Å². The molecule has 2 amide bonds. The van der Waals surface area contributed by atoms with Crippen LogP contribution in [0, 0.1) is 27.9 Å². The van der Waals surface area contributed by atoms with E-state index in [0.29, 0.717) is 54.2 Å². The zero-order valence-corrected chi connectivity index (χ0v) is 32.6. The maximum atomic E-state index is 14.4. The summed E-state index contributed by atoms with van der Waals surface area (Å²) in [6.45, 7) is 2.67. The van der Waals surface area contributed by atoms with Gasteiger partial charge in [-0.1, -0.05) is 37.1 Å². The molecule has 0 bridgehead atoms. The SMILES string of the molecule is CCCN(C(=O)NCc1ccc2c(c1)OCO2)C1CC(=NOCc2ccc([N+](=O)[O-])cc2)C2=CC(CCCCO)C(CCCCO)C3c4cc(O)ccc4OC1(O)C23. The molecule has 0 saturated heterocycles. The molecule has 6 unspecified atom stereocenters. The molecule has 3 aromatic carbocycles. The molecule has 0 radical (unpaired) electrons. The molecule has 2 aliphatic heterocycles. The van der Waals surface area contributed by atoms with Gasteiger partial charge in [0.25, 0.3) is 5.69 Å². The van der Waals surface area contributed by atoms with Crippen LogP contribution in [-0.4, -0.2) is 80.4 Å². The molecule has 310 valence electrons. The van der Waals surface area contributed by atoms with Crippen LogP contribution in [0.25, 0.3) is 0 Å². The third kappa shape index (κ3) is 8.43. The van der Waals surface area contributed by atoms with E-state index in [1.54, 1.807) is 35.2 Å². The number of amides is 2. The molecule has 7 rings (SSSR count). The van der Waals surface area contributed by atoms with Crippen LogP contribution >= 0.6 is 0 Å². The number of carbonyl (C=O) groups is 1. The number of aliphatic hydroxyl groups excluding tert-OH is 2. The average Bonchev–Trinajstić information content (AvgIpc) is 3.69. The molecule has 0 spiro atoms. The monoisotopic (exact) mass is 800 g/mol. The van der Waals surface area contributed by atoms with Gasteiger partial charge < -0.3 is 49.7 Å². The van der Waals surface area contributed by atoms with E-state index in [1.165, 1.54) is 18.2 Å². The van der Waals surface area contributed by atoms with Crippen molar-refractivity contribution >= 4 is 17.4 Å². The maximum absolute atomic E-state index is 14.4. The van der Waals surface area contributed by atoms with Crippen LogP contribution < -0.4 is 19.5 Å². The lowest BCUT2D eigenvalue weighted by atomic mass is 9.55. The summed E-state index contributed by atoms with van der Waals surface area (Å²) in [6, 6.07) is 15.0. The molecule has 3 aromatic rings. The van der Waals surface area contributed by atoms with Crippen LogP contribution in [0.4, 0.5) is 10.5 Å². The van der Waals surface area contributed by atoms with Crippen molar-refractivity contribution in [2.45, 2.75) is 89.2 Å². The highest BCUT2D eigenvalue weighted by molar-refractivity contribution is 6.03. The zero-order chi connectivity index (χ0) is 40.8. The van der Waals surface area contributed by atoms with Gasteiger partial charge in [0.05, 0.1) is 16.6 Å². The number of nitrogens with zero attached hydrogens (tertiary/aromatic N) is 3. The molecule has 58 heavy (non-hydrogen) atoms. The van der Waals surface area contributed by atoms with Crippen molar-refractivity contribution in [2.24, 2.45) is 22.9 Å². The number of oxime groups is 1. The normalized spacial score (nSPS) is 24.6. The highest BCUT2D eigenvalue weighted by Gasteiger charge is 2.64. The Hall–Kier alpha value is -5.38. The number of non-ortho nitro benzene ring substituents is 1. The van der Waals surface area contributed by atoms with E-state index < -0.39 is 28.7 Å². The van der Waals surface area contributed by atoms with E-state index in [0.717, 1.165) is 36.0 Å². The van der Waals surface area contributed by atoms with Crippen LogP contribution in [0.1, 0.15) is 80.9 Å². The van der Waals surface area contributed by atoms with Gasteiger partial charge in [0, 0.05) is 56.3 Å². The van der Waals surface area contributed by atoms with Crippen LogP contribution in [-0.2, 0) is 18.0 Å². The number of phenols is 1. The first-order valence-electron chi connectivity index (χ1n) is 20.2. The first kappa shape index (κ1) is 40.8. The van der Waals surface area contributed by atoms with E-state index in [1.807, 2.05) is 19.1 Å². The van der Waals surface area contributed by atoms with Gasteiger partial charge in [-0.2, -0.15) is 0 Å². The fraction of sp³-hybridized carbons (Fsp3) is 0.488. The summed E-state index contributed by atoms with van der Waals surface area (Å²) in [5.74, 6) is -1.44. The molecule has 4 aliphatic rings.